The van der Waals surface area contributed by atoms with Crippen molar-refractivity contribution >= 4 is 6.71 Å². The van der Waals surface area contributed by atoms with Crippen molar-refractivity contribution in [1.29, 1.82) is 0 Å². The summed E-state index contributed by atoms with van der Waals surface area (Å²) in [5, 5.41) is 0. The summed E-state index contributed by atoms with van der Waals surface area (Å²) in [7, 11) is 0. The van der Waals surface area contributed by atoms with Crippen molar-refractivity contribution in [3.05, 3.63) is 12.2 Å². The Morgan fingerprint density at radius 1 is 1.50 bits per heavy atom. The first kappa shape index (κ1) is 5.93. The van der Waals surface area contributed by atoms with Crippen LogP contribution in [0.4, 0.5) is 0 Å². The summed E-state index contributed by atoms with van der Waals surface area (Å²) >= 11 is 0. The standard InChI is InChI=1S/C7H13B/c1-6-4-7(5-6)8(2)3/h7H,1,4-5H2,2-3H3. The molecule has 44 valence electrons. The van der Waals surface area contributed by atoms with Crippen molar-refractivity contribution < 1.29 is 0 Å². The highest BCUT2D eigenvalue weighted by Gasteiger charge is 2.25. The zero-order chi connectivity index (χ0) is 6.15. The molecule has 0 radical (unpaired) electrons. The Labute approximate surface area is 52.1 Å². The van der Waals surface area contributed by atoms with Crippen molar-refractivity contribution in [1.82, 2.24) is 0 Å². The maximum Gasteiger partial charge on any atom is 0.137 e. The predicted octanol–water partition coefficient (Wildman–Crippen LogP) is 2.46. The molecule has 0 spiro atoms. The van der Waals surface area contributed by atoms with Gasteiger partial charge in [-0.1, -0.05) is 31.6 Å². The SMILES string of the molecule is C=C1CC(B(C)C)C1. The van der Waals surface area contributed by atoms with Crippen LogP contribution in [0.15, 0.2) is 12.2 Å². The minimum absolute atomic E-state index is 0.875. The van der Waals surface area contributed by atoms with Gasteiger partial charge in [-0.2, -0.15) is 0 Å². The van der Waals surface area contributed by atoms with Gasteiger partial charge in [0.15, 0.2) is 0 Å². The molecule has 0 bridgehead atoms. The molecule has 1 fully saturated rings. The fourth-order valence-electron chi connectivity index (χ4n) is 1.15. The number of hydrogen-bond acceptors (Lipinski definition) is 0. The van der Waals surface area contributed by atoms with E-state index in [1.807, 2.05) is 0 Å². The largest absolute Gasteiger partial charge is 0.137 e. The fraction of sp³-hybridized carbons (Fsp3) is 0.714. The summed E-state index contributed by atoms with van der Waals surface area (Å²) in [6.45, 7) is 9.35. The molecule has 0 amide bonds. The second-order valence-electron chi connectivity index (χ2n) is 3.16. The smallest absolute Gasteiger partial charge is 0.0999 e. The lowest BCUT2D eigenvalue weighted by molar-refractivity contribution is 0.650. The van der Waals surface area contributed by atoms with Gasteiger partial charge < -0.3 is 0 Å². The van der Waals surface area contributed by atoms with Crippen molar-refractivity contribution in [3.8, 4) is 0 Å². The minimum Gasteiger partial charge on any atom is -0.0999 e. The summed E-state index contributed by atoms with van der Waals surface area (Å²) in [6.07, 6.45) is 2.58. The molecule has 1 aliphatic rings. The van der Waals surface area contributed by atoms with Crippen LogP contribution < -0.4 is 0 Å². The third kappa shape index (κ3) is 0.962. The maximum absolute atomic E-state index is 3.89. The number of allylic oxidation sites excluding steroid dienone is 1. The quantitative estimate of drug-likeness (QED) is 0.357. The van der Waals surface area contributed by atoms with E-state index >= 15 is 0 Å². The molecule has 0 aromatic carbocycles. The Hall–Kier alpha value is -0.195. The lowest BCUT2D eigenvalue weighted by Crippen LogP contribution is -2.20. The third-order valence-corrected chi connectivity index (χ3v) is 2.04. The molecule has 1 heteroatoms. The van der Waals surface area contributed by atoms with E-state index in [4.69, 9.17) is 0 Å². The van der Waals surface area contributed by atoms with Crippen LogP contribution in [0.5, 0.6) is 0 Å². The van der Waals surface area contributed by atoms with E-state index in [9.17, 15) is 0 Å². The van der Waals surface area contributed by atoms with Gasteiger partial charge in [-0.05, 0) is 12.8 Å². The van der Waals surface area contributed by atoms with Crippen molar-refractivity contribution in [2.45, 2.75) is 32.3 Å². The average Bonchev–Trinajstić information content (AvgIpc) is 1.57. The lowest BCUT2D eigenvalue weighted by Gasteiger charge is -2.30. The Morgan fingerprint density at radius 3 is 2.12 bits per heavy atom. The van der Waals surface area contributed by atoms with Crippen LogP contribution in [0.3, 0.4) is 0 Å². The van der Waals surface area contributed by atoms with E-state index in [0.29, 0.717) is 0 Å². The predicted molar refractivity (Wildman–Crippen MR) is 39.6 cm³/mol. The molecule has 0 aliphatic heterocycles. The van der Waals surface area contributed by atoms with Crippen LogP contribution in [0.25, 0.3) is 0 Å². The van der Waals surface area contributed by atoms with Crippen molar-refractivity contribution in [3.63, 3.8) is 0 Å². The van der Waals surface area contributed by atoms with Crippen LogP contribution in [0.1, 0.15) is 12.8 Å². The zero-order valence-electron chi connectivity index (χ0n) is 5.78. The van der Waals surface area contributed by atoms with Crippen LogP contribution in [-0.2, 0) is 0 Å². The first-order valence-corrected chi connectivity index (χ1v) is 3.37. The van der Waals surface area contributed by atoms with Crippen molar-refractivity contribution in [2.24, 2.45) is 0 Å². The van der Waals surface area contributed by atoms with Crippen LogP contribution in [-0.4, -0.2) is 6.71 Å². The fourth-order valence-corrected chi connectivity index (χ4v) is 1.15. The summed E-state index contributed by atoms with van der Waals surface area (Å²) in [4.78, 5) is 0. The molecule has 1 saturated carbocycles. The molecule has 1 rings (SSSR count). The maximum atomic E-state index is 3.89. The highest BCUT2D eigenvalue weighted by atomic mass is 14.2. The first-order valence-electron chi connectivity index (χ1n) is 3.37. The van der Waals surface area contributed by atoms with Gasteiger partial charge in [-0.15, -0.1) is 0 Å². The summed E-state index contributed by atoms with van der Waals surface area (Å²) in [5.74, 6) is 0.961. The number of rotatable bonds is 1. The molecular weight excluding hydrogens is 94.9 g/mol. The molecule has 0 heterocycles. The summed E-state index contributed by atoms with van der Waals surface area (Å²) in [5.41, 5.74) is 1.45. The third-order valence-electron chi connectivity index (χ3n) is 2.04. The van der Waals surface area contributed by atoms with Crippen LogP contribution in [0.2, 0.25) is 19.5 Å². The zero-order valence-corrected chi connectivity index (χ0v) is 5.78. The van der Waals surface area contributed by atoms with Gasteiger partial charge in [-0.3, -0.25) is 0 Å². The molecule has 8 heavy (non-hydrogen) atoms. The highest BCUT2D eigenvalue weighted by molar-refractivity contribution is 6.57. The monoisotopic (exact) mass is 108 g/mol. The van der Waals surface area contributed by atoms with Gasteiger partial charge in [0.25, 0.3) is 0 Å². The van der Waals surface area contributed by atoms with E-state index < -0.39 is 0 Å². The Bertz CT molecular complexity index is 97.0. The van der Waals surface area contributed by atoms with Gasteiger partial charge in [-0.25, -0.2) is 0 Å². The molecule has 0 unspecified atom stereocenters. The average molecular weight is 108 g/mol. The second kappa shape index (κ2) is 1.96. The molecule has 0 N–H and O–H groups in total. The van der Waals surface area contributed by atoms with E-state index in [2.05, 4.69) is 20.2 Å². The topological polar surface area (TPSA) is 0 Å². The molecule has 1 aliphatic carbocycles. The van der Waals surface area contributed by atoms with E-state index in [1.165, 1.54) is 18.4 Å². The minimum atomic E-state index is 0.875. The van der Waals surface area contributed by atoms with Crippen molar-refractivity contribution in [2.75, 3.05) is 0 Å². The van der Waals surface area contributed by atoms with Gasteiger partial charge in [0, 0.05) is 0 Å². The summed E-state index contributed by atoms with van der Waals surface area (Å²) < 4.78 is 0. The summed E-state index contributed by atoms with van der Waals surface area (Å²) in [6, 6.07) is 0. The highest BCUT2D eigenvalue weighted by Crippen LogP contribution is 2.38. The Morgan fingerprint density at radius 2 is 2.00 bits per heavy atom. The number of hydrogen-bond donors (Lipinski definition) is 0. The van der Waals surface area contributed by atoms with Gasteiger partial charge >= 0.3 is 0 Å². The van der Waals surface area contributed by atoms with Crippen LogP contribution in [0, 0.1) is 0 Å². The Kier molecular flexibility index (Phi) is 1.46. The molecule has 0 nitrogen and oxygen atoms in total. The normalized spacial score (nSPS) is 20.5. The van der Waals surface area contributed by atoms with Gasteiger partial charge in [0.2, 0.25) is 0 Å². The van der Waals surface area contributed by atoms with E-state index in [0.717, 1.165) is 12.5 Å². The molecule has 0 atom stereocenters. The molecule has 0 aromatic heterocycles. The molecular formula is C7H13B. The van der Waals surface area contributed by atoms with Gasteiger partial charge in [0.05, 0.1) is 0 Å². The van der Waals surface area contributed by atoms with Gasteiger partial charge in [0.1, 0.15) is 6.71 Å². The van der Waals surface area contributed by atoms with E-state index in [-0.39, 0.29) is 0 Å². The lowest BCUT2D eigenvalue weighted by atomic mass is 9.39. The molecule has 0 aromatic rings. The second-order valence-corrected chi connectivity index (χ2v) is 3.16. The first-order chi connectivity index (χ1) is 3.70. The molecule has 0 saturated heterocycles. The van der Waals surface area contributed by atoms with E-state index in [1.54, 1.807) is 0 Å². The van der Waals surface area contributed by atoms with Crippen LogP contribution >= 0.6 is 0 Å². The Balaban J connectivity index is 2.25.